The summed E-state index contributed by atoms with van der Waals surface area (Å²) in [5, 5.41) is 2.67. The van der Waals surface area contributed by atoms with Gasteiger partial charge in [-0.15, -0.1) is 0 Å². The summed E-state index contributed by atoms with van der Waals surface area (Å²) in [6.07, 6.45) is 0.186. The van der Waals surface area contributed by atoms with Crippen LogP contribution in [0.1, 0.15) is 11.1 Å². The van der Waals surface area contributed by atoms with Crippen LogP contribution in [0, 0.1) is 0 Å². The van der Waals surface area contributed by atoms with Gasteiger partial charge < -0.3 is 14.8 Å². The lowest BCUT2D eigenvalue weighted by Gasteiger charge is -2.13. The van der Waals surface area contributed by atoms with Crippen LogP contribution in [0.4, 0.5) is 4.79 Å². The lowest BCUT2D eigenvalue weighted by molar-refractivity contribution is 0.140. The number of carbonyl (C=O) groups excluding carboxylic acids is 1. The van der Waals surface area contributed by atoms with Gasteiger partial charge in [0.25, 0.3) is 0 Å². The molecule has 1 heterocycles. The Morgan fingerprint density at radius 1 is 1.10 bits per heavy atom. The molecule has 4 nitrogen and oxygen atoms in total. The zero-order chi connectivity index (χ0) is 14.5. The maximum Gasteiger partial charge on any atom is 0.407 e. The second-order valence-corrected chi connectivity index (χ2v) is 4.99. The molecule has 1 aliphatic rings. The van der Waals surface area contributed by atoms with Crippen LogP contribution in [0.5, 0.6) is 5.75 Å². The fourth-order valence-corrected chi connectivity index (χ4v) is 2.34. The number of hydrogen-bond acceptors (Lipinski definition) is 3. The maximum absolute atomic E-state index is 11.1. The van der Waals surface area contributed by atoms with E-state index < -0.39 is 0 Å². The molecule has 1 amide bonds. The molecule has 2 aromatic carbocycles. The first-order chi connectivity index (χ1) is 10.3. The van der Waals surface area contributed by atoms with Crippen molar-refractivity contribution < 1.29 is 14.3 Å². The number of amides is 1. The Kier molecular flexibility index (Phi) is 4.05. The van der Waals surface area contributed by atoms with Crippen molar-refractivity contribution in [2.24, 2.45) is 0 Å². The third-order valence-electron chi connectivity index (χ3n) is 3.41. The van der Waals surface area contributed by atoms with E-state index in [0.29, 0.717) is 19.6 Å². The minimum atomic E-state index is -0.345. The van der Waals surface area contributed by atoms with Crippen LogP contribution < -0.4 is 10.1 Å². The van der Waals surface area contributed by atoms with Gasteiger partial charge >= 0.3 is 6.09 Å². The molecule has 0 radical (unpaired) electrons. The van der Waals surface area contributed by atoms with Crippen molar-refractivity contribution in [3.8, 4) is 5.75 Å². The fourth-order valence-electron chi connectivity index (χ4n) is 2.34. The van der Waals surface area contributed by atoms with Crippen LogP contribution in [0.3, 0.4) is 0 Å². The van der Waals surface area contributed by atoms with Gasteiger partial charge in [0.2, 0.25) is 0 Å². The molecule has 1 atom stereocenters. The number of hydrogen-bond donors (Lipinski definition) is 1. The number of cyclic esters (lactones) is 1. The van der Waals surface area contributed by atoms with E-state index in [1.54, 1.807) is 0 Å². The molecular weight excluding hydrogens is 266 g/mol. The Labute approximate surface area is 123 Å². The van der Waals surface area contributed by atoms with E-state index in [4.69, 9.17) is 9.47 Å². The van der Waals surface area contributed by atoms with Crippen molar-refractivity contribution in [1.82, 2.24) is 5.32 Å². The van der Waals surface area contributed by atoms with Crippen molar-refractivity contribution in [2.45, 2.75) is 19.1 Å². The van der Waals surface area contributed by atoms with Crippen molar-refractivity contribution >= 4 is 6.09 Å². The average molecular weight is 283 g/mol. The predicted molar refractivity (Wildman–Crippen MR) is 79.2 cm³/mol. The number of benzene rings is 2. The topological polar surface area (TPSA) is 47.6 Å². The molecule has 1 fully saturated rings. The van der Waals surface area contributed by atoms with E-state index in [0.717, 1.165) is 16.9 Å². The molecule has 1 saturated heterocycles. The lowest BCUT2D eigenvalue weighted by Crippen LogP contribution is -2.17. The summed E-state index contributed by atoms with van der Waals surface area (Å²) in [4.78, 5) is 11.1. The maximum atomic E-state index is 11.1. The quantitative estimate of drug-likeness (QED) is 0.917. The Bertz CT molecular complexity index is 612. The fraction of sp³-hybridized carbons (Fsp3) is 0.235. The first-order valence-corrected chi connectivity index (χ1v) is 7.00. The highest BCUT2D eigenvalue weighted by Gasteiger charge is 2.23. The normalized spacial score (nSPS) is 17.1. The van der Waals surface area contributed by atoms with Gasteiger partial charge in [-0.25, -0.2) is 4.79 Å². The van der Waals surface area contributed by atoms with Gasteiger partial charge in [0.1, 0.15) is 18.5 Å². The van der Waals surface area contributed by atoms with Gasteiger partial charge in [-0.3, -0.25) is 0 Å². The molecule has 0 aromatic heterocycles. The first-order valence-electron chi connectivity index (χ1n) is 7.00. The van der Waals surface area contributed by atoms with Gasteiger partial charge in [0, 0.05) is 6.42 Å². The van der Waals surface area contributed by atoms with E-state index in [9.17, 15) is 4.79 Å². The van der Waals surface area contributed by atoms with E-state index >= 15 is 0 Å². The van der Waals surface area contributed by atoms with Crippen molar-refractivity contribution in [3.63, 3.8) is 0 Å². The molecular formula is C17H17NO3. The third kappa shape index (κ3) is 3.54. The van der Waals surface area contributed by atoms with Crippen LogP contribution in [-0.2, 0) is 17.8 Å². The zero-order valence-corrected chi connectivity index (χ0v) is 11.6. The summed E-state index contributed by atoms with van der Waals surface area (Å²) < 4.78 is 11.1. The Balaban J connectivity index is 1.66. The third-order valence-corrected chi connectivity index (χ3v) is 3.41. The summed E-state index contributed by atoms with van der Waals surface area (Å²) in [5.41, 5.74) is 2.18. The van der Waals surface area contributed by atoms with Crippen LogP contribution in [0.15, 0.2) is 54.6 Å². The number of rotatable bonds is 5. The van der Waals surface area contributed by atoms with E-state index in [2.05, 4.69) is 5.32 Å². The summed E-state index contributed by atoms with van der Waals surface area (Å²) in [7, 11) is 0. The predicted octanol–water partition coefficient (Wildman–Crippen LogP) is 2.92. The molecule has 1 N–H and O–H groups in total. The molecule has 1 aliphatic heterocycles. The van der Waals surface area contributed by atoms with Gasteiger partial charge in [0.05, 0.1) is 6.54 Å². The highest BCUT2D eigenvalue weighted by Crippen LogP contribution is 2.22. The highest BCUT2D eigenvalue weighted by molar-refractivity contribution is 5.69. The Morgan fingerprint density at radius 3 is 2.62 bits per heavy atom. The summed E-state index contributed by atoms with van der Waals surface area (Å²) in [6, 6.07) is 17.9. The molecule has 108 valence electrons. The van der Waals surface area contributed by atoms with Crippen molar-refractivity contribution in [3.05, 3.63) is 65.7 Å². The van der Waals surface area contributed by atoms with E-state index in [1.807, 2.05) is 54.6 Å². The summed E-state index contributed by atoms with van der Waals surface area (Å²) in [6.45, 7) is 1.08. The van der Waals surface area contributed by atoms with Gasteiger partial charge in [0.15, 0.2) is 0 Å². The number of carbonyl (C=O) groups is 1. The van der Waals surface area contributed by atoms with Crippen LogP contribution in [0.2, 0.25) is 0 Å². The van der Waals surface area contributed by atoms with Crippen LogP contribution in [-0.4, -0.2) is 18.7 Å². The minimum absolute atomic E-state index is 0.126. The SMILES string of the molecule is O=C1NCC(Cc2ccccc2OCc2ccccc2)O1. The zero-order valence-electron chi connectivity index (χ0n) is 11.6. The number of para-hydroxylation sites is 1. The number of nitrogens with one attached hydrogen (secondary N) is 1. The standard InChI is InChI=1S/C17H17NO3/c19-17-18-11-15(21-17)10-14-8-4-5-9-16(14)20-12-13-6-2-1-3-7-13/h1-9,15H,10-12H2,(H,18,19). The number of alkyl carbamates (subject to hydrolysis) is 1. The lowest BCUT2D eigenvalue weighted by atomic mass is 10.1. The average Bonchev–Trinajstić information content (AvgIpc) is 2.93. The molecule has 21 heavy (non-hydrogen) atoms. The van der Waals surface area contributed by atoms with Crippen molar-refractivity contribution in [2.75, 3.05) is 6.54 Å². The highest BCUT2D eigenvalue weighted by atomic mass is 16.6. The molecule has 2 aromatic rings. The van der Waals surface area contributed by atoms with Crippen LogP contribution >= 0.6 is 0 Å². The van der Waals surface area contributed by atoms with Gasteiger partial charge in [-0.2, -0.15) is 0 Å². The molecule has 1 unspecified atom stereocenters. The Morgan fingerprint density at radius 2 is 1.86 bits per heavy atom. The minimum Gasteiger partial charge on any atom is -0.489 e. The van der Waals surface area contributed by atoms with Gasteiger partial charge in [-0.1, -0.05) is 48.5 Å². The largest absolute Gasteiger partial charge is 0.489 e. The summed E-state index contributed by atoms with van der Waals surface area (Å²) in [5.74, 6) is 0.837. The first kappa shape index (κ1) is 13.5. The van der Waals surface area contributed by atoms with Crippen LogP contribution in [0.25, 0.3) is 0 Å². The molecule has 0 bridgehead atoms. The van der Waals surface area contributed by atoms with E-state index in [-0.39, 0.29) is 12.2 Å². The van der Waals surface area contributed by atoms with Crippen molar-refractivity contribution in [1.29, 1.82) is 0 Å². The number of ether oxygens (including phenoxy) is 2. The summed E-state index contributed by atoms with van der Waals surface area (Å²) >= 11 is 0. The smallest absolute Gasteiger partial charge is 0.407 e. The molecule has 3 rings (SSSR count). The molecule has 4 heteroatoms. The monoisotopic (exact) mass is 283 g/mol. The Hall–Kier alpha value is -2.49. The van der Waals surface area contributed by atoms with Gasteiger partial charge in [-0.05, 0) is 17.2 Å². The van der Waals surface area contributed by atoms with E-state index in [1.165, 1.54) is 0 Å². The molecule has 0 aliphatic carbocycles. The molecule has 0 spiro atoms. The molecule has 0 saturated carbocycles. The second kappa shape index (κ2) is 6.31. The second-order valence-electron chi connectivity index (χ2n) is 4.99.